The fourth-order valence-electron chi connectivity index (χ4n) is 4.20. The average molecular weight is 435 g/mol. The number of carbonyl (C=O) groups is 1. The van der Waals surface area contributed by atoms with Crippen molar-refractivity contribution in [1.82, 2.24) is 24.9 Å². The van der Waals surface area contributed by atoms with Gasteiger partial charge in [-0.05, 0) is 37.6 Å². The number of hydrogen-bond donors (Lipinski definition) is 3. The second kappa shape index (κ2) is 8.17. The quantitative estimate of drug-likeness (QED) is 0.367. The number of rotatable bonds is 4. The highest BCUT2D eigenvalue weighted by Gasteiger charge is 2.24. The van der Waals surface area contributed by atoms with Crippen molar-refractivity contribution in [3.8, 4) is 23.0 Å². The Morgan fingerprint density at radius 2 is 1.97 bits per heavy atom. The van der Waals surface area contributed by atoms with Crippen LogP contribution in [-0.2, 0) is 0 Å². The van der Waals surface area contributed by atoms with E-state index in [1.54, 1.807) is 18.5 Å². The minimum absolute atomic E-state index is 0.138. The molecular formula is C26H22N6O. The van der Waals surface area contributed by atoms with E-state index in [0.717, 1.165) is 33.3 Å². The summed E-state index contributed by atoms with van der Waals surface area (Å²) in [5.41, 5.74) is 11.6. The van der Waals surface area contributed by atoms with E-state index in [2.05, 4.69) is 44.4 Å². The molecule has 3 heterocycles. The lowest BCUT2D eigenvalue weighted by Crippen LogP contribution is -2.28. The van der Waals surface area contributed by atoms with Gasteiger partial charge >= 0.3 is 0 Å². The molecule has 3 aromatic heterocycles. The minimum atomic E-state index is -0.347. The van der Waals surface area contributed by atoms with E-state index in [0.29, 0.717) is 5.65 Å². The van der Waals surface area contributed by atoms with E-state index < -0.39 is 0 Å². The first-order valence-electron chi connectivity index (χ1n) is 10.6. The highest BCUT2D eigenvalue weighted by atomic mass is 16.1. The number of aromatic amines is 1. The maximum atomic E-state index is 13.2. The van der Waals surface area contributed by atoms with Crippen molar-refractivity contribution in [1.29, 1.82) is 0 Å². The lowest BCUT2D eigenvalue weighted by molar-refractivity contribution is 0.0941. The molecule has 0 aliphatic carbocycles. The summed E-state index contributed by atoms with van der Waals surface area (Å²) in [4.78, 5) is 21.0. The number of nitrogen functional groups attached to an aromatic ring is 1. The molecule has 0 radical (unpaired) electrons. The van der Waals surface area contributed by atoms with Crippen LogP contribution in [-0.4, -0.2) is 25.5 Å². The standard InChI is InChI=1S/C26H22N6O/c1-3-9-17-12-7-13-19-20(17)21(18-10-5-4-6-11-18)23(30-19)16(2)29-26(33)22-24(27)31-32-15-8-14-28-25(22)32/h4-8,10-16,30H,1-2H3,(H2,27,31)(H,29,33)/t16-/m1/s1. The third-order valence-corrected chi connectivity index (χ3v) is 5.61. The summed E-state index contributed by atoms with van der Waals surface area (Å²) in [6.45, 7) is 3.77. The Hall–Kier alpha value is -4.57. The van der Waals surface area contributed by atoms with Gasteiger partial charge in [0.15, 0.2) is 11.5 Å². The number of nitrogens with one attached hydrogen (secondary N) is 2. The zero-order chi connectivity index (χ0) is 22.9. The van der Waals surface area contributed by atoms with Crippen LogP contribution >= 0.6 is 0 Å². The SMILES string of the molecule is CC#Cc1cccc2[nH]c([C@@H](C)NC(=O)c3c(N)nn4cccnc34)c(-c3ccccc3)c12. The monoisotopic (exact) mass is 434 g/mol. The highest BCUT2D eigenvalue weighted by Crippen LogP contribution is 2.37. The number of amides is 1. The zero-order valence-electron chi connectivity index (χ0n) is 18.3. The summed E-state index contributed by atoms with van der Waals surface area (Å²) >= 11 is 0. The van der Waals surface area contributed by atoms with Crippen LogP contribution in [0.15, 0.2) is 67.0 Å². The number of aromatic nitrogens is 4. The van der Waals surface area contributed by atoms with Gasteiger partial charge in [-0.15, -0.1) is 11.0 Å². The maximum absolute atomic E-state index is 13.2. The van der Waals surface area contributed by atoms with Gasteiger partial charge in [0.25, 0.3) is 5.91 Å². The summed E-state index contributed by atoms with van der Waals surface area (Å²) in [5.74, 6) is 6.02. The second-order valence-corrected chi connectivity index (χ2v) is 7.73. The fraction of sp³-hybridized carbons (Fsp3) is 0.115. The van der Waals surface area contributed by atoms with E-state index in [-0.39, 0.29) is 23.3 Å². The van der Waals surface area contributed by atoms with Gasteiger partial charge in [0.05, 0.1) is 6.04 Å². The third kappa shape index (κ3) is 3.48. The molecule has 0 fully saturated rings. The molecule has 7 heteroatoms. The molecule has 0 saturated carbocycles. The first-order chi connectivity index (χ1) is 16.1. The van der Waals surface area contributed by atoms with E-state index >= 15 is 0 Å². The smallest absolute Gasteiger partial charge is 0.259 e. The topological polar surface area (TPSA) is 101 Å². The number of fused-ring (bicyclic) bond motifs is 2. The zero-order valence-corrected chi connectivity index (χ0v) is 18.3. The van der Waals surface area contributed by atoms with Gasteiger partial charge in [0.2, 0.25) is 0 Å². The van der Waals surface area contributed by atoms with Crippen molar-refractivity contribution in [3.05, 3.63) is 83.8 Å². The van der Waals surface area contributed by atoms with Crippen LogP contribution in [0.2, 0.25) is 0 Å². The fourth-order valence-corrected chi connectivity index (χ4v) is 4.20. The molecule has 0 bridgehead atoms. The number of anilines is 1. The second-order valence-electron chi connectivity index (χ2n) is 7.73. The summed E-state index contributed by atoms with van der Waals surface area (Å²) < 4.78 is 1.50. The Kier molecular flexibility index (Phi) is 5.04. The lowest BCUT2D eigenvalue weighted by atomic mass is 9.96. The largest absolute Gasteiger partial charge is 0.381 e. The van der Waals surface area contributed by atoms with Crippen LogP contribution in [0, 0.1) is 11.8 Å². The van der Waals surface area contributed by atoms with Crippen molar-refractivity contribution < 1.29 is 4.79 Å². The summed E-state index contributed by atoms with van der Waals surface area (Å²) in [7, 11) is 0. The number of nitrogens with two attached hydrogens (primary N) is 1. The molecule has 1 atom stereocenters. The van der Waals surface area contributed by atoms with E-state index in [4.69, 9.17) is 5.73 Å². The van der Waals surface area contributed by atoms with Crippen LogP contribution in [0.3, 0.4) is 0 Å². The van der Waals surface area contributed by atoms with Gasteiger partial charge in [-0.2, -0.15) is 0 Å². The summed E-state index contributed by atoms with van der Waals surface area (Å²) in [6.07, 6.45) is 3.32. The average Bonchev–Trinajstić information content (AvgIpc) is 3.38. The Labute approximate surface area is 190 Å². The van der Waals surface area contributed by atoms with Crippen LogP contribution in [0.5, 0.6) is 0 Å². The van der Waals surface area contributed by atoms with E-state index in [1.165, 1.54) is 4.52 Å². The predicted molar refractivity (Wildman–Crippen MR) is 130 cm³/mol. The van der Waals surface area contributed by atoms with Crippen molar-refractivity contribution in [3.63, 3.8) is 0 Å². The molecule has 0 aliphatic rings. The third-order valence-electron chi connectivity index (χ3n) is 5.61. The Bertz CT molecular complexity index is 1550. The molecule has 0 unspecified atom stereocenters. The van der Waals surface area contributed by atoms with Gasteiger partial charge in [-0.25, -0.2) is 9.50 Å². The van der Waals surface area contributed by atoms with Crippen LogP contribution in [0.4, 0.5) is 5.82 Å². The van der Waals surface area contributed by atoms with E-state index in [9.17, 15) is 4.79 Å². The molecule has 1 amide bonds. The van der Waals surface area contributed by atoms with Crippen molar-refractivity contribution in [2.75, 3.05) is 5.73 Å². The summed E-state index contributed by atoms with van der Waals surface area (Å²) in [6, 6.07) is 17.5. The Balaban J connectivity index is 1.62. The molecule has 7 nitrogen and oxygen atoms in total. The van der Waals surface area contributed by atoms with Gasteiger partial charge in [0.1, 0.15) is 5.56 Å². The highest BCUT2D eigenvalue weighted by molar-refractivity contribution is 6.05. The number of carbonyl (C=O) groups excluding carboxylic acids is 1. The molecule has 0 aliphatic heterocycles. The molecule has 0 spiro atoms. The van der Waals surface area contributed by atoms with Crippen molar-refractivity contribution in [2.24, 2.45) is 0 Å². The number of hydrogen-bond acceptors (Lipinski definition) is 4. The molecule has 2 aromatic carbocycles. The number of nitrogens with zero attached hydrogens (tertiary/aromatic N) is 3. The first kappa shape index (κ1) is 20.3. The molecule has 5 aromatic rings. The van der Waals surface area contributed by atoms with Gasteiger partial charge in [0, 0.05) is 40.1 Å². The molecule has 5 rings (SSSR count). The lowest BCUT2D eigenvalue weighted by Gasteiger charge is -2.15. The minimum Gasteiger partial charge on any atom is -0.381 e. The number of benzene rings is 2. The molecule has 33 heavy (non-hydrogen) atoms. The maximum Gasteiger partial charge on any atom is 0.259 e. The Morgan fingerprint density at radius 1 is 1.15 bits per heavy atom. The molecule has 0 saturated heterocycles. The molecule has 4 N–H and O–H groups in total. The van der Waals surface area contributed by atoms with Crippen molar-refractivity contribution in [2.45, 2.75) is 19.9 Å². The van der Waals surface area contributed by atoms with Crippen LogP contribution in [0.1, 0.15) is 41.5 Å². The van der Waals surface area contributed by atoms with E-state index in [1.807, 2.05) is 50.2 Å². The van der Waals surface area contributed by atoms with Crippen LogP contribution in [0.25, 0.3) is 27.7 Å². The number of H-pyrrole nitrogens is 1. The van der Waals surface area contributed by atoms with Crippen molar-refractivity contribution >= 4 is 28.3 Å². The predicted octanol–water partition coefficient (Wildman–Crippen LogP) is 4.32. The first-order valence-corrected chi connectivity index (χ1v) is 10.6. The molecule has 162 valence electrons. The Morgan fingerprint density at radius 3 is 2.76 bits per heavy atom. The normalized spacial score (nSPS) is 11.8. The van der Waals surface area contributed by atoms with Gasteiger partial charge in [-0.3, -0.25) is 4.79 Å². The summed E-state index contributed by atoms with van der Waals surface area (Å²) in [5, 5.41) is 8.30. The van der Waals surface area contributed by atoms with Gasteiger partial charge in [-0.1, -0.05) is 42.3 Å². The van der Waals surface area contributed by atoms with Gasteiger partial charge < -0.3 is 16.0 Å². The molecular weight excluding hydrogens is 412 g/mol. The van der Waals surface area contributed by atoms with Crippen LogP contribution < -0.4 is 11.1 Å².